The maximum absolute atomic E-state index is 12.6. The highest BCUT2D eigenvalue weighted by atomic mass is 16.3. The number of aromatic nitrogens is 4. The van der Waals surface area contributed by atoms with E-state index in [0.29, 0.717) is 12.1 Å². The minimum Gasteiger partial charge on any atom is -0.374 e. The highest BCUT2D eigenvalue weighted by Gasteiger charge is 2.29. The van der Waals surface area contributed by atoms with Crippen LogP contribution in [0.5, 0.6) is 0 Å². The molecule has 3 aromatic heterocycles. The smallest absolute Gasteiger partial charge is 0.275 e. The van der Waals surface area contributed by atoms with Gasteiger partial charge in [0.2, 0.25) is 0 Å². The zero-order valence-corrected chi connectivity index (χ0v) is 18.9. The third kappa shape index (κ3) is 4.33. The Morgan fingerprint density at radius 3 is 2.88 bits per heavy atom. The summed E-state index contributed by atoms with van der Waals surface area (Å²) in [7, 11) is 1.95. The number of allylic oxidation sites excluding steroid dienone is 1. The average Bonchev–Trinajstić information content (AvgIpc) is 3.31. The summed E-state index contributed by atoms with van der Waals surface area (Å²) in [5.74, 6) is 0.982. The Balaban J connectivity index is 1.49. The monoisotopic (exact) mass is 436 g/mol. The molecule has 32 heavy (non-hydrogen) atoms. The molecule has 3 aromatic rings. The number of H-pyrrole nitrogens is 1. The molecule has 0 spiro atoms. The molecule has 0 amide bonds. The highest BCUT2D eigenvalue weighted by Crippen LogP contribution is 2.29. The van der Waals surface area contributed by atoms with Crippen LogP contribution in [0, 0.1) is 0 Å². The van der Waals surface area contributed by atoms with Gasteiger partial charge in [0, 0.05) is 60.8 Å². The molecule has 0 saturated carbocycles. The third-order valence-electron chi connectivity index (χ3n) is 6.40. The zero-order chi connectivity index (χ0) is 22.7. The van der Waals surface area contributed by atoms with Gasteiger partial charge in [-0.15, -0.1) is 6.58 Å². The van der Waals surface area contributed by atoms with Gasteiger partial charge in [0.15, 0.2) is 0 Å². The van der Waals surface area contributed by atoms with E-state index in [1.54, 1.807) is 29.4 Å². The molecule has 0 aliphatic carbocycles. The van der Waals surface area contributed by atoms with Crippen LogP contribution in [0.3, 0.4) is 0 Å². The first-order valence-electron chi connectivity index (χ1n) is 11.3. The van der Waals surface area contributed by atoms with Crippen molar-refractivity contribution in [3.8, 4) is 0 Å². The van der Waals surface area contributed by atoms with Crippen molar-refractivity contribution in [3.05, 3.63) is 65.1 Å². The van der Waals surface area contributed by atoms with Crippen LogP contribution in [-0.2, 0) is 13.0 Å². The largest absolute Gasteiger partial charge is 0.374 e. The van der Waals surface area contributed by atoms with Crippen molar-refractivity contribution in [2.45, 2.75) is 51.4 Å². The number of hydrogen-bond donors (Lipinski definition) is 2. The van der Waals surface area contributed by atoms with Gasteiger partial charge < -0.3 is 19.6 Å². The van der Waals surface area contributed by atoms with Crippen LogP contribution < -0.4 is 10.5 Å². The van der Waals surface area contributed by atoms with Crippen LogP contribution >= 0.6 is 0 Å². The van der Waals surface area contributed by atoms with Crippen molar-refractivity contribution >= 4 is 16.7 Å². The van der Waals surface area contributed by atoms with Gasteiger partial charge in [-0.2, -0.15) is 0 Å². The number of aryl methyl sites for hydroxylation is 1. The van der Waals surface area contributed by atoms with Crippen molar-refractivity contribution < 1.29 is 5.11 Å². The summed E-state index contributed by atoms with van der Waals surface area (Å²) in [5, 5.41) is 12.0. The van der Waals surface area contributed by atoms with Crippen LogP contribution in [-0.4, -0.2) is 55.7 Å². The first-order valence-corrected chi connectivity index (χ1v) is 11.3. The summed E-state index contributed by atoms with van der Waals surface area (Å²) < 4.78 is 1.59. The number of aromatic amines is 1. The van der Waals surface area contributed by atoms with Gasteiger partial charge in [0.25, 0.3) is 5.56 Å². The molecule has 0 radical (unpaired) electrons. The van der Waals surface area contributed by atoms with Crippen LogP contribution in [0.15, 0.2) is 48.3 Å². The number of aliphatic hydroxyl groups is 1. The Labute approximate surface area is 188 Å². The van der Waals surface area contributed by atoms with E-state index in [4.69, 9.17) is 0 Å². The van der Waals surface area contributed by atoms with Gasteiger partial charge in [-0.3, -0.25) is 9.69 Å². The average molecular weight is 437 g/mol. The molecule has 0 aromatic carbocycles. The Kier molecular flexibility index (Phi) is 6.72. The molecule has 8 nitrogen and oxygen atoms in total. The molecule has 8 heteroatoms. The summed E-state index contributed by atoms with van der Waals surface area (Å²) in [6.45, 7) is 8.04. The minimum absolute atomic E-state index is 0.107. The van der Waals surface area contributed by atoms with Crippen molar-refractivity contribution in [3.63, 3.8) is 0 Å². The number of fused-ring (bicyclic) bond motifs is 1. The molecule has 1 atom stereocenters. The lowest BCUT2D eigenvalue weighted by Crippen LogP contribution is -2.45. The lowest BCUT2D eigenvalue weighted by Gasteiger charge is -2.39. The predicted molar refractivity (Wildman–Crippen MR) is 127 cm³/mol. The summed E-state index contributed by atoms with van der Waals surface area (Å²) in [5.41, 5.74) is 2.22. The molecule has 2 N–H and O–H groups in total. The first-order chi connectivity index (χ1) is 15.5. The van der Waals surface area contributed by atoms with E-state index in [1.807, 2.05) is 18.0 Å². The van der Waals surface area contributed by atoms with Gasteiger partial charge >= 0.3 is 0 Å². The fourth-order valence-electron chi connectivity index (χ4n) is 4.58. The molecule has 1 fully saturated rings. The number of aliphatic hydroxyl groups excluding tert-OH is 1. The van der Waals surface area contributed by atoms with Crippen molar-refractivity contribution in [2.75, 3.05) is 25.0 Å². The number of hydrogen-bond acceptors (Lipinski definition) is 6. The van der Waals surface area contributed by atoms with E-state index < -0.39 is 6.23 Å². The standard InChI is InChI=1S/C24H32N6O2/c1-4-6-17-14-21(27-16-26-17)29-12-8-18(9-13-29)28(3)23(31)20-15-30(11-5-2)24(32)22-19(20)7-10-25-22/h5,7,10,14-16,18,23,25,31H,2,4,6,8-9,11-13H2,1,3H3. The Morgan fingerprint density at radius 2 is 2.16 bits per heavy atom. The zero-order valence-electron chi connectivity index (χ0n) is 18.9. The summed E-state index contributed by atoms with van der Waals surface area (Å²) in [4.78, 5) is 28.8. The van der Waals surface area contributed by atoms with Crippen LogP contribution in [0.4, 0.5) is 5.82 Å². The third-order valence-corrected chi connectivity index (χ3v) is 6.40. The molecule has 1 aliphatic rings. The van der Waals surface area contributed by atoms with Crippen molar-refractivity contribution in [1.29, 1.82) is 0 Å². The van der Waals surface area contributed by atoms with E-state index in [0.717, 1.165) is 61.2 Å². The second-order valence-corrected chi connectivity index (χ2v) is 8.47. The number of piperidine rings is 1. The van der Waals surface area contributed by atoms with Crippen LogP contribution in [0.1, 0.15) is 43.7 Å². The fraction of sp³-hybridized carbons (Fsp3) is 0.458. The summed E-state index contributed by atoms with van der Waals surface area (Å²) in [6, 6.07) is 4.17. The molecule has 4 heterocycles. The molecule has 170 valence electrons. The SMILES string of the molecule is C=CCn1cc(C(O)N(C)C2CCN(c3cc(CCC)ncn3)CC2)c2cc[nH]c2c1=O. The van der Waals surface area contributed by atoms with Crippen molar-refractivity contribution in [2.24, 2.45) is 0 Å². The second-order valence-electron chi connectivity index (χ2n) is 8.47. The molecular weight excluding hydrogens is 404 g/mol. The van der Waals surface area contributed by atoms with E-state index in [2.05, 4.69) is 39.4 Å². The molecule has 1 saturated heterocycles. The van der Waals surface area contributed by atoms with Crippen molar-refractivity contribution in [1.82, 2.24) is 24.4 Å². The lowest BCUT2D eigenvalue weighted by molar-refractivity contribution is -0.0138. The topological polar surface area (TPSA) is 90.3 Å². The molecule has 0 bridgehead atoms. The second kappa shape index (κ2) is 9.67. The minimum atomic E-state index is -0.809. The maximum atomic E-state index is 12.6. The maximum Gasteiger partial charge on any atom is 0.275 e. The Hall–Kier alpha value is -2.97. The van der Waals surface area contributed by atoms with E-state index in [1.165, 1.54) is 0 Å². The lowest BCUT2D eigenvalue weighted by atomic mass is 10.0. The van der Waals surface area contributed by atoms with E-state index in [9.17, 15) is 9.90 Å². The number of anilines is 1. The van der Waals surface area contributed by atoms with Gasteiger partial charge in [0.05, 0.1) is 0 Å². The molecule has 4 rings (SSSR count). The number of rotatable bonds is 8. The first kappa shape index (κ1) is 22.2. The Morgan fingerprint density at radius 1 is 1.38 bits per heavy atom. The number of nitrogens with zero attached hydrogens (tertiary/aromatic N) is 5. The van der Waals surface area contributed by atoms with E-state index in [-0.39, 0.29) is 11.6 Å². The highest BCUT2D eigenvalue weighted by molar-refractivity contribution is 5.82. The number of nitrogens with one attached hydrogen (secondary N) is 1. The predicted octanol–water partition coefficient (Wildman–Crippen LogP) is 2.85. The van der Waals surface area contributed by atoms with Gasteiger partial charge in [-0.05, 0) is 32.4 Å². The van der Waals surface area contributed by atoms with Gasteiger partial charge in [-0.25, -0.2) is 9.97 Å². The van der Waals surface area contributed by atoms with Crippen LogP contribution in [0.25, 0.3) is 10.9 Å². The quantitative estimate of drug-likeness (QED) is 0.417. The van der Waals surface area contributed by atoms with Gasteiger partial charge in [-0.1, -0.05) is 19.4 Å². The normalized spacial score (nSPS) is 16.1. The van der Waals surface area contributed by atoms with E-state index >= 15 is 0 Å². The van der Waals surface area contributed by atoms with Crippen LogP contribution in [0.2, 0.25) is 0 Å². The van der Waals surface area contributed by atoms with Gasteiger partial charge in [0.1, 0.15) is 23.9 Å². The molecule has 1 unspecified atom stereocenters. The fourth-order valence-corrected chi connectivity index (χ4v) is 4.58. The summed E-state index contributed by atoms with van der Waals surface area (Å²) in [6.07, 6.45) is 9.90. The Bertz CT molecular complexity index is 1130. The molecule has 1 aliphatic heterocycles. The number of pyridine rings is 1. The molecular formula is C24H32N6O2. The summed E-state index contributed by atoms with van der Waals surface area (Å²) >= 11 is 0.